The van der Waals surface area contributed by atoms with Gasteiger partial charge in [-0.1, -0.05) is 169 Å². The Labute approximate surface area is 334 Å². The van der Waals surface area contributed by atoms with Crippen LogP contribution in [0.3, 0.4) is 0 Å². The van der Waals surface area contributed by atoms with Crippen LogP contribution < -0.4 is 29.6 Å². The zero-order valence-electron chi connectivity index (χ0n) is 30.4. The Morgan fingerprint density at radius 2 is 0.745 bits per heavy atom. The fourth-order valence-corrected chi connectivity index (χ4v) is 7.16. The molecule has 288 valence electrons. The monoisotopic (exact) mass is 794 g/mol. The van der Waals surface area contributed by atoms with Crippen LogP contribution in [0.1, 0.15) is 140 Å². The molecule has 0 heterocycles. The summed E-state index contributed by atoms with van der Waals surface area (Å²) in [5.74, 6) is 0.379. The van der Waals surface area contributed by atoms with Gasteiger partial charge >= 0.3 is 40.6 Å². The van der Waals surface area contributed by atoms with Crippen molar-refractivity contribution in [3.63, 3.8) is 0 Å². The quantitative estimate of drug-likeness (QED) is 0.0390. The van der Waals surface area contributed by atoms with Crippen LogP contribution >= 0.6 is 23.5 Å². The van der Waals surface area contributed by atoms with Crippen LogP contribution in [0.2, 0.25) is 0 Å². The predicted octanol–water partition coefficient (Wildman–Crippen LogP) is 10.7. The van der Waals surface area contributed by atoms with Crippen LogP contribution in [0.5, 0.6) is 0 Å². The first kappa shape index (κ1) is 50.6. The number of halogens is 6. The van der Waals surface area contributed by atoms with Gasteiger partial charge in [-0.3, -0.25) is 0 Å². The number of hydrogen-bond acceptors (Lipinski definition) is 5. The molecule has 0 spiro atoms. The third-order valence-corrected chi connectivity index (χ3v) is 10.8. The fraction of sp³-hybridized carbons (Fsp3) is 0.684. The van der Waals surface area contributed by atoms with Crippen molar-refractivity contribution < 1.29 is 68.9 Å². The number of aryl methyl sites for hydroxylation is 2. The molecule has 0 radical (unpaired) electrons. The smallest absolute Gasteiger partial charge is 0.744 e. The van der Waals surface area contributed by atoms with Crippen LogP contribution in [0.25, 0.3) is 0 Å². The SMILES string of the molecule is FC(F)(F)SCCCCCCCCCCCCc1ccccc1.O=S(=O)([O-])c1ccc(CCCCCCCCCCCCSC(F)(F)F)cc1.[Na+]. The predicted molar refractivity (Wildman–Crippen MR) is 198 cm³/mol. The Balaban J connectivity index is 0.000000973. The molecule has 3 nitrogen and oxygen atoms in total. The van der Waals surface area contributed by atoms with Crippen molar-refractivity contribution in [1.82, 2.24) is 0 Å². The largest absolute Gasteiger partial charge is 1.00 e. The summed E-state index contributed by atoms with van der Waals surface area (Å²) in [6.45, 7) is 0. The van der Waals surface area contributed by atoms with E-state index in [2.05, 4.69) is 30.3 Å². The fourth-order valence-electron chi connectivity index (χ4n) is 5.53. The first-order chi connectivity index (χ1) is 23.8. The van der Waals surface area contributed by atoms with Crippen LogP contribution in [0.4, 0.5) is 26.3 Å². The third kappa shape index (κ3) is 33.9. The maximum Gasteiger partial charge on any atom is 1.00 e. The molecule has 2 rings (SSSR count). The van der Waals surface area contributed by atoms with Gasteiger partial charge in [0.15, 0.2) is 0 Å². The summed E-state index contributed by atoms with van der Waals surface area (Å²) in [6.07, 6.45) is 23.9. The minimum atomic E-state index is -4.37. The van der Waals surface area contributed by atoms with Gasteiger partial charge in [0, 0.05) is 11.5 Å². The van der Waals surface area contributed by atoms with Crippen molar-refractivity contribution in [3.8, 4) is 0 Å². The van der Waals surface area contributed by atoms with E-state index < -0.39 is 21.1 Å². The standard InChI is InChI=1S/C19H29F3O3S2.C19H29F3S.Na/c20-19(21,22)26-16-10-8-6-4-2-1-3-5-7-9-11-17-12-14-18(15-13-17)27(23,24)25;20-19(21,22)23-17-13-8-6-4-2-1-3-5-7-10-14-18-15-11-9-12-16-18;/h12-15H,1-11,16H2,(H,23,24,25);9,11-12,15-16H,1-8,10,13-14,17H2;/q;;+1/p-1. The van der Waals surface area contributed by atoms with Gasteiger partial charge in [0.25, 0.3) is 0 Å². The van der Waals surface area contributed by atoms with Crippen molar-refractivity contribution in [1.29, 1.82) is 0 Å². The molecule has 0 N–H and O–H groups in total. The minimum absolute atomic E-state index is 0. The first-order valence-electron chi connectivity index (χ1n) is 18.3. The second-order valence-electron chi connectivity index (χ2n) is 12.7. The summed E-state index contributed by atoms with van der Waals surface area (Å²) < 4.78 is 104. The number of unbranched alkanes of at least 4 members (excludes halogenated alkanes) is 18. The van der Waals surface area contributed by atoms with Crippen molar-refractivity contribution >= 4 is 33.6 Å². The first-order valence-corrected chi connectivity index (χ1v) is 21.6. The number of hydrogen-bond donors (Lipinski definition) is 0. The van der Waals surface area contributed by atoms with Crippen LogP contribution in [-0.4, -0.2) is 35.5 Å². The molecule has 2 aromatic rings. The molecule has 0 unspecified atom stereocenters. The normalized spacial score (nSPS) is 11.9. The molecule has 13 heteroatoms. The van der Waals surface area contributed by atoms with Gasteiger partial charge in [0.1, 0.15) is 10.1 Å². The second-order valence-corrected chi connectivity index (χ2v) is 16.4. The molecule has 0 aliphatic carbocycles. The van der Waals surface area contributed by atoms with Crippen molar-refractivity contribution in [2.45, 2.75) is 157 Å². The molecule has 0 aromatic heterocycles. The van der Waals surface area contributed by atoms with Crippen molar-refractivity contribution in [2.24, 2.45) is 0 Å². The molecule has 2 aromatic carbocycles. The average Bonchev–Trinajstić information content (AvgIpc) is 3.05. The number of benzene rings is 2. The minimum Gasteiger partial charge on any atom is -0.744 e. The van der Waals surface area contributed by atoms with E-state index >= 15 is 0 Å². The molecule has 0 fully saturated rings. The van der Waals surface area contributed by atoms with Gasteiger partial charge in [-0.05, 0) is 61.8 Å². The molecule has 51 heavy (non-hydrogen) atoms. The van der Waals surface area contributed by atoms with Gasteiger partial charge in [-0.15, -0.1) is 0 Å². The topological polar surface area (TPSA) is 57.2 Å². The van der Waals surface area contributed by atoms with Gasteiger partial charge < -0.3 is 4.55 Å². The summed E-state index contributed by atoms with van der Waals surface area (Å²) in [6, 6.07) is 16.7. The van der Waals surface area contributed by atoms with Crippen LogP contribution in [0.15, 0.2) is 59.5 Å². The molecule has 0 bridgehead atoms. The summed E-state index contributed by atoms with van der Waals surface area (Å²) in [4.78, 5) is -0.189. The maximum absolute atomic E-state index is 11.9. The molecule has 0 aliphatic rings. The van der Waals surface area contributed by atoms with Crippen LogP contribution in [-0.2, 0) is 23.0 Å². The van der Waals surface area contributed by atoms with Gasteiger partial charge in [-0.25, -0.2) is 8.42 Å². The molecule has 0 saturated heterocycles. The molecule has 0 amide bonds. The van der Waals surface area contributed by atoms with E-state index in [1.54, 1.807) is 12.1 Å². The molecule has 0 atom stereocenters. The Kier molecular flexibility index (Phi) is 30.7. The van der Waals surface area contributed by atoms with E-state index in [9.17, 15) is 39.3 Å². The van der Waals surface area contributed by atoms with Gasteiger partial charge in [0.05, 0.1) is 4.90 Å². The van der Waals surface area contributed by atoms with E-state index in [1.807, 2.05) is 0 Å². The summed E-state index contributed by atoms with van der Waals surface area (Å²) in [7, 11) is -4.37. The summed E-state index contributed by atoms with van der Waals surface area (Å²) in [5.41, 5.74) is -5.69. The number of thioether (sulfide) groups is 2. The molecular weight excluding hydrogens is 738 g/mol. The zero-order chi connectivity index (χ0) is 37.0. The van der Waals surface area contributed by atoms with E-state index in [4.69, 9.17) is 0 Å². The Bertz CT molecular complexity index is 1180. The Morgan fingerprint density at radius 3 is 1.06 bits per heavy atom. The number of alkyl halides is 6. The third-order valence-electron chi connectivity index (χ3n) is 8.31. The number of rotatable bonds is 27. The van der Waals surface area contributed by atoms with Gasteiger partial charge in [-0.2, -0.15) is 26.3 Å². The second kappa shape index (κ2) is 30.9. The molecular formula is C38H57F6NaO3S3. The Hall–Kier alpha value is -0.370. The Morgan fingerprint density at radius 1 is 0.451 bits per heavy atom. The van der Waals surface area contributed by atoms with Crippen LogP contribution in [0, 0.1) is 0 Å². The van der Waals surface area contributed by atoms with E-state index in [0.717, 1.165) is 82.6 Å². The summed E-state index contributed by atoms with van der Waals surface area (Å²) >= 11 is 0.184. The van der Waals surface area contributed by atoms with E-state index in [0.29, 0.717) is 12.8 Å². The molecule has 0 saturated carbocycles. The molecule has 0 aliphatic heterocycles. The average molecular weight is 795 g/mol. The maximum atomic E-state index is 11.9. The van der Waals surface area contributed by atoms with Crippen molar-refractivity contribution in [2.75, 3.05) is 11.5 Å². The van der Waals surface area contributed by atoms with Crippen molar-refractivity contribution in [3.05, 3.63) is 65.7 Å². The van der Waals surface area contributed by atoms with E-state index in [1.165, 1.54) is 69.1 Å². The van der Waals surface area contributed by atoms with Gasteiger partial charge in [0.2, 0.25) is 0 Å². The summed E-state index contributed by atoms with van der Waals surface area (Å²) in [5, 5.41) is 0. The van der Waals surface area contributed by atoms with E-state index in [-0.39, 0.29) is 69.5 Å². The zero-order valence-corrected chi connectivity index (χ0v) is 34.8.